The van der Waals surface area contributed by atoms with Gasteiger partial charge in [-0.25, -0.2) is 4.98 Å². The molecule has 2 aliphatic rings. The van der Waals surface area contributed by atoms with E-state index in [4.69, 9.17) is 0 Å². The van der Waals surface area contributed by atoms with E-state index in [1.807, 2.05) is 53.1 Å². The van der Waals surface area contributed by atoms with Gasteiger partial charge in [0.25, 0.3) is 5.91 Å². The number of hydrogen-bond donors (Lipinski definition) is 2. The maximum Gasteiger partial charge on any atom is 0.272 e. The maximum absolute atomic E-state index is 12.9. The van der Waals surface area contributed by atoms with E-state index in [0.717, 1.165) is 35.3 Å². The quantitative estimate of drug-likeness (QED) is 0.774. The van der Waals surface area contributed by atoms with Crippen molar-refractivity contribution >= 4 is 11.4 Å². The third-order valence-electron chi connectivity index (χ3n) is 5.22. The number of carbonyl (C=O) groups excluding carboxylic acids is 1. The van der Waals surface area contributed by atoms with Crippen molar-refractivity contribution in [3.8, 4) is 0 Å². The SMILES string of the molecule is O=C(NC1c2ccccc2CC1O)c1nc(C2CC2)n2ccccc12. The standard InChI is InChI=1S/C20H19N3O2/c24-16-11-13-5-1-2-6-14(13)17(16)22-20(25)18-15-7-3-4-10-23(15)19(21-18)12-8-9-12/h1-7,10,12,16-17,24H,8-9,11H2,(H,22,25). The van der Waals surface area contributed by atoms with Crippen LogP contribution in [0.25, 0.3) is 5.52 Å². The first-order chi connectivity index (χ1) is 12.2. The average Bonchev–Trinajstić information content (AvgIpc) is 3.33. The van der Waals surface area contributed by atoms with E-state index in [2.05, 4.69) is 10.3 Å². The van der Waals surface area contributed by atoms with Crippen LogP contribution in [-0.2, 0) is 6.42 Å². The molecule has 1 saturated carbocycles. The van der Waals surface area contributed by atoms with Gasteiger partial charge in [0.15, 0.2) is 5.69 Å². The first-order valence-electron chi connectivity index (χ1n) is 8.76. The minimum atomic E-state index is -0.599. The number of nitrogens with zero attached hydrogens (tertiary/aromatic N) is 2. The van der Waals surface area contributed by atoms with Crippen LogP contribution in [0.3, 0.4) is 0 Å². The molecular formula is C20H19N3O2. The minimum absolute atomic E-state index is 0.226. The molecule has 2 N–H and O–H groups in total. The van der Waals surface area contributed by atoms with Gasteiger partial charge < -0.3 is 14.8 Å². The Morgan fingerprint density at radius 2 is 1.96 bits per heavy atom. The zero-order valence-corrected chi connectivity index (χ0v) is 13.7. The van der Waals surface area contributed by atoms with E-state index in [-0.39, 0.29) is 11.9 Å². The lowest BCUT2D eigenvalue weighted by molar-refractivity contribution is 0.0855. The Hall–Kier alpha value is -2.66. The average molecular weight is 333 g/mol. The molecule has 2 aliphatic carbocycles. The molecule has 3 aromatic rings. The van der Waals surface area contributed by atoms with Gasteiger partial charge in [-0.15, -0.1) is 0 Å². The molecule has 0 spiro atoms. The van der Waals surface area contributed by atoms with Gasteiger partial charge in [-0.3, -0.25) is 4.79 Å². The van der Waals surface area contributed by atoms with Crippen molar-refractivity contribution in [3.05, 3.63) is 71.3 Å². The Morgan fingerprint density at radius 3 is 2.80 bits per heavy atom. The zero-order valence-electron chi connectivity index (χ0n) is 13.7. The fourth-order valence-corrected chi connectivity index (χ4v) is 3.82. The molecule has 0 aliphatic heterocycles. The number of carbonyl (C=O) groups is 1. The highest BCUT2D eigenvalue weighted by Crippen LogP contribution is 2.40. The second kappa shape index (κ2) is 5.43. The first kappa shape index (κ1) is 14.7. The molecule has 1 aromatic carbocycles. The highest BCUT2D eigenvalue weighted by Gasteiger charge is 2.34. The van der Waals surface area contributed by atoms with Crippen LogP contribution in [0.5, 0.6) is 0 Å². The Morgan fingerprint density at radius 1 is 1.16 bits per heavy atom. The maximum atomic E-state index is 12.9. The predicted molar refractivity (Wildman–Crippen MR) is 93.5 cm³/mol. The Bertz CT molecular complexity index is 974. The van der Waals surface area contributed by atoms with E-state index < -0.39 is 6.10 Å². The summed E-state index contributed by atoms with van der Waals surface area (Å²) in [6.45, 7) is 0. The van der Waals surface area contributed by atoms with E-state index in [9.17, 15) is 9.90 Å². The molecule has 0 bridgehead atoms. The van der Waals surface area contributed by atoms with E-state index in [0.29, 0.717) is 18.0 Å². The van der Waals surface area contributed by atoms with Crippen LogP contribution < -0.4 is 5.32 Å². The molecule has 0 saturated heterocycles. The van der Waals surface area contributed by atoms with E-state index >= 15 is 0 Å². The minimum Gasteiger partial charge on any atom is -0.390 e. The summed E-state index contributed by atoms with van der Waals surface area (Å²) >= 11 is 0. The van der Waals surface area contributed by atoms with Gasteiger partial charge in [-0.05, 0) is 36.1 Å². The Kier molecular flexibility index (Phi) is 3.18. The Balaban J connectivity index is 1.50. The molecule has 25 heavy (non-hydrogen) atoms. The number of hydrogen-bond acceptors (Lipinski definition) is 3. The smallest absolute Gasteiger partial charge is 0.272 e. The number of aliphatic hydroxyl groups is 1. The number of nitrogens with one attached hydrogen (secondary N) is 1. The molecule has 2 atom stereocenters. The van der Waals surface area contributed by atoms with E-state index in [1.165, 1.54) is 0 Å². The largest absolute Gasteiger partial charge is 0.390 e. The lowest BCUT2D eigenvalue weighted by atomic mass is 10.1. The van der Waals surface area contributed by atoms with Crippen LogP contribution in [-0.4, -0.2) is 26.5 Å². The van der Waals surface area contributed by atoms with Crippen molar-refractivity contribution in [2.24, 2.45) is 0 Å². The van der Waals surface area contributed by atoms with Gasteiger partial charge in [0.2, 0.25) is 0 Å². The number of fused-ring (bicyclic) bond motifs is 2. The van der Waals surface area contributed by atoms with Gasteiger partial charge in [0.05, 0.1) is 17.7 Å². The zero-order chi connectivity index (χ0) is 17.0. The predicted octanol–water partition coefficient (Wildman–Crippen LogP) is 2.60. The number of aromatic nitrogens is 2. The third kappa shape index (κ3) is 2.35. The van der Waals surface area contributed by atoms with Crippen LogP contribution >= 0.6 is 0 Å². The second-order valence-electron chi connectivity index (χ2n) is 6.97. The van der Waals surface area contributed by atoms with E-state index in [1.54, 1.807) is 0 Å². The molecule has 1 amide bonds. The number of imidazole rings is 1. The molecule has 5 heteroatoms. The van der Waals surface area contributed by atoms with Crippen LogP contribution in [0.15, 0.2) is 48.7 Å². The molecule has 5 rings (SSSR count). The highest BCUT2D eigenvalue weighted by molar-refractivity contribution is 5.99. The molecule has 2 aromatic heterocycles. The summed E-state index contributed by atoms with van der Waals surface area (Å²) in [5.41, 5.74) is 3.35. The number of benzene rings is 1. The Labute approximate surface area is 145 Å². The monoisotopic (exact) mass is 333 g/mol. The van der Waals surface area contributed by atoms with Crippen molar-refractivity contribution in [2.75, 3.05) is 0 Å². The van der Waals surface area contributed by atoms with Gasteiger partial charge in [-0.1, -0.05) is 30.3 Å². The summed E-state index contributed by atoms with van der Waals surface area (Å²) < 4.78 is 2.02. The molecular weight excluding hydrogens is 314 g/mol. The van der Waals surface area contributed by atoms with Crippen molar-refractivity contribution in [3.63, 3.8) is 0 Å². The summed E-state index contributed by atoms with van der Waals surface area (Å²) in [5, 5.41) is 13.4. The summed E-state index contributed by atoms with van der Waals surface area (Å²) in [6.07, 6.45) is 4.19. The molecule has 0 radical (unpaired) electrons. The van der Waals surface area contributed by atoms with Crippen molar-refractivity contribution in [1.29, 1.82) is 0 Å². The number of rotatable bonds is 3. The number of pyridine rings is 1. The molecule has 2 unspecified atom stereocenters. The highest BCUT2D eigenvalue weighted by atomic mass is 16.3. The molecule has 126 valence electrons. The van der Waals surface area contributed by atoms with Gasteiger partial charge in [0.1, 0.15) is 5.82 Å². The topological polar surface area (TPSA) is 66.6 Å². The van der Waals surface area contributed by atoms with Gasteiger partial charge >= 0.3 is 0 Å². The molecule has 5 nitrogen and oxygen atoms in total. The number of aliphatic hydroxyl groups excluding tert-OH is 1. The van der Waals surface area contributed by atoms with Crippen LogP contribution in [0, 0.1) is 0 Å². The van der Waals surface area contributed by atoms with Crippen molar-refractivity contribution in [2.45, 2.75) is 37.3 Å². The lowest BCUT2D eigenvalue weighted by Crippen LogP contribution is -2.34. The summed E-state index contributed by atoms with van der Waals surface area (Å²) in [6, 6.07) is 13.3. The van der Waals surface area contributed by atoms with Crippen molar-refractivity contribution in [1.82, 2.24) is 14.7 Å². The lowest BCUT2D eigenvalue weighted by Gasteiger charge is -2.17. The van der Waals surface area contributed by atoms with Crippen molar-refractivity contribution < 1.29 is 9.90 Å². The second-order valence-corrected chi connectivity index (χ2v) is 6.97. The third-order valence-corrected chi connectivity index (χ3v) is 5.22. The molecule has 1 fully saturated rings. The number of amides is 1. The van der Waals surface area contributed by atoms with Crippen LogP contribution in [0.1, 0.15) is 52.2 Å². The van der Waals surface area contributed by atoms with Crippen LogP contribution in [0.4, 0.5) is 0 Å². The van der Waals surface area contributed by atoms with Gasteiger partial charge in [0, 0.05) is 18.5 Å². The summed E-state index contributed by atoms with van der Waals surface area (Å²) in [5.74, 6) is 1.19. The van der Waals surface area contributed by atoms with Crippen LogP contribution in [0.2, 0.25) is 0 Å². The normalized spacial score (nSPS) is 22.1. The molecule has 2 heterocycles. The first-order valence-corrected chi connectivity index (χ1v) is 8.76. The summed E-state index contributed by atoms with van der Waals surface area (Å²) in [7, 11) is 0. The summed E-state index contributed by atoms with van der Waals surface area (Å²) in [4.78, 5) is 17.6. The fraction of sp³-hybridized carbons (Fsp3) is 0.300. The van der Waals surface area contributed by atoms with Gasteiger partial charge in [-0.2, -0.15) is 0 Å². The fourth-order valence-electron chi connectivity index (χ4n) is 3.82.